The third-order valence-corrected chi connectivity index (χ3v) is 4.15. The van der Waals surface area contributed by atoms with E-state index >= 15 is 0 Å². The summed E-state index contributed by atoms with van der Waals surface area (Å²) in [7, 11) is -0.928. The number of nitrogens with two attached hydrogens (primary N) is 1. The lowest BCUT2D eigenvalue weighted by atomic mass is 10.1. The molecular formula is C13H18N2OS. The largest absolute Gasteiger partial charge is 0.327 e. The SMILES string of the molecule is CCC(N)CS(=O)Cc1ccc(C#N)cc1C. The first-order valence-corrected chi connectivity index (χ1v) is 7.15. The predicted molar refractivity (Wildman–Crippen MR) is 70.9 cm³/mol. The van der Waals surface area contributed by atoms with Crippen molar-refractivity contribution >= 4 is 10.8 Å². The van der Waals surface area contributed by atoms with Crippen LogP contribution in [0, 0.1) is 18.3 Å². The first kappa shape index (κ1) is 13.9. The van der Waals surface area contributed by atoms with Gasteiger partial charge < -0.3 is 5.73 Å². The molecule has 0 saturated heterocycles. The summed E-state index contributed by atoms with van der Waals surface area (Å²) in [6.07, 6.45) is 0.845. The Kier molecular flexibility index (Phi) is 5.33. The summed E-state index contributed by atoms with van der Waals surface area (Å²) in [6, 6.07) is 7.57. The lowest BCUT2D eigenvalue weighted by molar-refractivity contribution is 0.663. The number of rotatable bonds is 5. The van der Waals surface area contributed by atoms with Crippen LogP contribution in [0.4, 0.5) is 0 Å². The minimum absolute atomic E-state index is 0.00882. The molecule has 2 unspecified atom stereocenters. The molecule has 0 amide bonds. The minimum atomic E-state index is -0.928. The molecule has 0 aromatic heterocycles. The molecule has 4 heteroatoms. The maximum absolute atomic E-state index is 11.9. The third kappa shape index (κ3) is 4.29. The molecule has 1 aromatic rings. The molecule has 0 radical (unpaired) electrons. The predicted octanol–water partition coefficient (Wildman–Crippen LogP) is 1.85. The van der Waals surface area contributed by atoms with Gasteiger partial charge in [-0.15, -0.1) is 0 Å². The van der Waals surface area contributed by atoms with E-state index in [2.05, 4.69) is 6.07 Å². The first-order chi connectivity index (χ1) is 8.06. The number of benzene rings is 1. The Morgan fingerprint density at radius 1 is 1.53 bits per heavy atom. The van der Waals surface area contributed by atoms with Crippen LogP contribution in [-0.4, -0.2) is 16.0 Å². The second-order valence-corrected chi connectivity index (χ2v) is 5.67. The molecule has 1 rings (SSSR count). The van der Waals surface area contributed by atoms with Gasteiger partial charge in [-0.2, -0.15) is 5.26 Å². The van der Waals surface area contributed by atoms with Gasteiger partial charge in [0.1, 0.15) is 0 Å². The maximum atomic E-state index is 11.9. The zero-order valence-electron chi connectivity index (χ0n) is 10.3. The summed E-state index contributed by atoms with van der Waals surface area (Å²) in [5, 5.41) is 8.76. The fraction of sp³-hybridized carbons (Fsp3) is 0.462. The Balaban J connectivity index is 2.69. The molecule has 17 heavy (non-hydrogen) atoms. The molecule has 2 N–H and O–H groups in total. The van der Waals surface area contributed by atoms with E-state index in [-0.39, 0.29) is 6.04 Å². The van der Waals surface area contributed by atoms with Crippen LogP contribution in [0.2, 0.25) is 0 Å². The zero-order valence-corrected chi connectivity index (χ0v) is 11.1. The van der Waals surface area contributed by atoms with Crippen LogP contribution in [0.1, 0.15) is 30.0 Å². The van der Waals surface area contributed by atoms with E-state index in [9.17, 15) is 4.21 Å². The monoisotopic (exact) mass is 250 g/mol. The van der Waals surface area contributed by atoms with E-state index in [4.69, 9.17) is 11.0 Å². The van der Waals surface area contributed by atoms with E-state index in [1.165, 1.54) is 0 Å². The average Bonchev–Trinajstić information content (AvgIpc) is 2.31. The lowest BCUT2D eigenvalue weighted by Crippen LogP contribution is -2.26. The smallest absolute Gasteiger partial charge is 0.0991 e. The number of hydrogen-bond donors (Lipinski definition) is 1. The fourth-order valence-electron chi connectivity index (χ4n) is 1.52. The van der Waals surface area contributed by atoms with Crippen molar-refractivity contribution in [2.75, 3.05) is 5.75 Å². The van der Waals surface area contributed by atoms with Gasteiger partial charge in [-0.05, 0) is 36.6 Å². The van der Waals surface area contributed by atoms with Gasteiger partial charge >= 0.3 is 0 Å². The van der Waals surface area contributed by atoms with Crippen LogP contribution >= 0.6 is 0 Å². The van der Waals surface area contributed by atoms with Crippen molar-refractivity contribution in [3.63, 3.8) is 0 Å². The first-order valence-electron chi connectivity index (χ1n) is 5.67. The quantitative estimate of drug-likeness (QED) is 0.867. The summed E-state index contributed by atoms with van der Waals surface area (Å²) >= 11 is 0. The highest BCUT2D eigenvalue weighted by Gasteiger charge is 2.09. The summed E-state index contributed by atoms with van der Waals surface area (Å²) < 4.78 is 11.9. The van der Waals surface area contributed by atoms with E-state index in [0.717, 1.165) is 17.5 Å². The standard InChI is InChI=1S/C13H18N2OS/c1-3-13(15)9-17(16)8-12-5-4-11(7-14)6-10(12)2/h4-6,13H,3,8-9,15H2,1-2H3. The van der Waals surface area contributed by atoms with Crippen molar-refractivity contribution in [1.82, 2.24) is 0 Å². The fourth-order valence-corrected chi connectivity index (χ4v) is 3.02. The molecule has 92 valence electrons. The van der Waals surface area contributed by atoms with Crippen molar-refractivity contribution in [1.29, 1.82) is 5.26 Å². The molecule has 0 aliphatic heterocycles. The molecule has 0 fully saturated rings. The second-order valence-electron chi connectivity index (χ2n) is 4.17. The second kappa shape index (κ2) is 6.53. The van der Waals surface area contributed by atoms with Crippen molar-refractivity contribution in [3.8, 4) is 6.07 Å². The van der Waals surface area contributed by atoms with Crippen LogP contribution in [-0.2, 0) is 16.6 Å². The van der Waals surface area contributed by atoms with Crippen LogP contribution in [0.3, 0.4) is 0 Å². The lowest BCUT2D eigenvalue weighted by Gasteiger charge is -2.10. The van der Waals surface area contributed by atoms with Gasteiger partial charge in [-0.25, -0.2) is 0 Å². The van der Waals surface area contributed by atoms with Gasteiger partial charge in [-0.3, -0.25) is 4.21 Å². The Hall–Kier alpha value is -1.18. The number of aryl methyl sites for hydroxylation is 1. The highest BCUT2D eigenvalue weighted by Crippen LogP contribution is 2.13. The third-order valence-electron chi connectivity index (χ3n) is 2.71. The number of nitriles is 1. The molecule has 0 saturated carbocycles. The number of hydrogen-bond acceptors (Lipinski definition) is 3. The molecular weight excluding hydrogens is 232 g/mol. The summed E-state index contributed by atoms with van der Waals surface area (Å²) in [4.78, 5) is 0. The summed E-state index contributed by atoms with van der Waals surface area (Å²) in [5.41, 5.74) is 8.47. The van der Waals surface area contributed by atoms with Crippen molar-refractivity contribution < 1.29 is 4.21 Å². The Bertz CT molecular complexity index is 451. The van der Waals surface area contributed by atoms with Gasteiger partial charge in [0.2, 0.25) is 0 Å². The van der Waals surface area contributed by atoms with Crippen molar-refractivity contribution in [2.24, 2.45) is 5.73 Å². The molecule has 2 atom stereocenters. The minimum Gasteiger partial charge on any atom is -0.327 e. The topological polar surface area (TPSA) is 66.9 Å². The maximum Gasteiger partial charge on any atom is 0.0991 e. The molecule has 3 nitrogen and oxygen atoms in total. The molecule has 0 aliphatic rings. The van der Waals surface area contributed by atoms with Gasteiger partial charge in [0, 0.05) is 28.3 Å². The van der Waals surface area contributed by atoms with Crippen molar-refractivity contribution in [3.05, 3.63) is 34.9 Å². The Morgan fingerprint density at radius 2 is 2.24 bits per heavy atom. The van der Waals surface area contributed by atoms with Gasteiger partial charge in [0.25, 0.3) is 0 Å². The highest BCUT2D eigenvalue weighted by molar-refractivity contribution is 7.84. The number of nitrogens with zero attached hydrogens (tertiary/aromatic N) is 1. The summed E-state index contributed by atoms with van der Waals surface area (Å²) in [6.45, 7) is 3.93. The van der Waals surface area contributed by atoms with Gasteiger partial charge in [0.15, 0.2) is 0 Å². The molecule has 0 heterocycles. The summed E-state index contributed by atoms with van der Waals surface area (Å²) in [5.74, 6) is 1.06. The normalized spacial score (nSPS) is 14.0. The molecule has 1 aromatic carbocycles. The molecule has 0 bridgehead atoms. The van der Waals surface area contributed by atoms with Crippen LogP contribution < -0.4 is 5.73 Å². The zero-order chi connectivity index (χ0) is 12.8. The van der Waals surface area contributed by atoms with Crippen LogP contribution in [0.5, 0.6) is 0 Å². The van der Waals surface area contributed by atoms with E-state index in [1.807, 2.05) is 26.0 Å². The Morgan fingerprint density at radius 3 is 2.76 bits per heavy atom. The van der Waals surface area contributed by atoms with E-state index in [1.54, 1.807) is 6.07 Å². The molecule has 0 aliphatic carbocycles. The Labute approximate surface area is 105 Å². The van der Waals surface area contributed by atoms with E-state index < -0.39 is 10.8 Å². The van der Waals surface area contributed by atoms with Gasteiger partial charge in [0.05, 0.1) is 11.6 Å². The molecule has 0 spiro atoms. The highest BCUT2D eigenvalue weighted by atomic mass is 32.2. The van der Waals surface area contributed by atoms with Crippen LogP contribution in [0.25, 0.3) is 0 Å². The van der Waals surface area contributed by atoms with Gasteiger partial charge in [-0.1, -0.05) is 13.0 Å². The van der Waals surface area contributed by atoms with Crippen molar-refractivity contribution in [2.45, 2.75) is 32.1 Å². The average molecular weight is 250 g/mol. The van der Waals surface area contributed by atoms with E-state index in [0.29, 0.717) is 17.1 Å². The van der Waals surface area contributed by atoms with Crippen LogP contribution in [0.15, 0.2) is 18.2 Å².